The van der Waals surface area contributed by atoms with Crippen LogP contribution in [0.4, 0.5) is 4.39 Å². The molecule has 5 rings (SSSR count). The molecule has 3 aromatic rings. The molecule has 2 atom stereocenters. The monoisotopic (exact) mass is 412 g/mol. The van der Waals surface area contributed by atoms with Gasteiger partial charge in [0.15, 0.2) is 0 Å². The number of hydrazone groups is 1. The van der Waals surface area contributed by atoms with E-state index in [-0.39, 0.29) is 11.9 Å². The van der Waals surface area contributed by atoms with Crippen molar-refractivity contribution in [2.75, 3.05) is 0 Å². The Hall–Kier alpha value is -2.56. The summed E-state index contributed by atoms with van der Waals surface area (Å²) in [6.45, 7) is 0. The molecular weight excluding hydrogens is 398 g/mol. The number of benzene rings is 3. The summed E-state index contributed by atoms with van der Waals surface area (Å²) in [4.78, 5) is 0. The topological polar surface area (TPSA) is 24.8 Å². The van der Waals surface area contributed by atoms with Crippen LogP contribution in [0.5, 0.6) is 5.75 Å². The van der Waals surface area contributed by atoms with Gasteiger partial charge < -0.3 is 4.74 Å². The molecule has 0 spiro atoms. The number of fused-ring (bicyclic) bond motifs is 3. The van der Waals surface area contributed by atoms with Crippen molar-refractivity contribution in [3.8, 4) is 5.75 Å². The van der Waals surface area contributed by atoms with Crippen LogP contribution in [0, 0.1) is 5.82 Å². The van der Waals surface area contributed by atoms with Crippen LogP contribution < -0.4 is 4.74 Å². The highest BCUT2D eigenvalue weighted by Crippen LogP contribution is 2.48. The van der Waals surface area contributed by atoms with Crippen LogP contribution in [0.3, 0.4) is 0 Å². The standard InChI is InChI=1S/C22H15Cl2FN2O/c23-14-7-5-13(6-8-14)19-12-20-17-11-15(24)9-10-21(17)28-22(27(20)26-19)16-3-1-2-4-18(16)25/h1-11,20,22H,12H2/t20-,22-/m0/s1. The first-order valence-electron chi connectivity index (χ1n) is 8.92. The molecular formula is C22H15Cl2FN2O. The number of hydrogen-bond acceptors (Lipinski definition) is 3. The molecule has 0 aromatic heterocycles. The van der Waals surface area contributed by atoms with Crippen molar-refractivity contribution in [1.29, 1.82) is 0 Å². The van der Waals surface area contributed by atoms with E-state index in [4.69, 9.17) is 33.0 Å². The average Bonchev–Trinajstić information content (AvgIpc) is 3.14. The summed E-state index contributed by atoms with van der Waals surface area (Å²) in [5.41, 5.74) is 3.29. The van der Waals surface area contributed by atoms with E-state index in [0.29, 0.717) is 27.8 Å². The van der Waals surface area contributed by atoms with Gasteiger partial charge in [0.05, 0.1) is 17.3 Å². The SMILES string of the molecule is Fc1ccccc1[C@@H]1Oc2ccc(Cl)cc2[C@@H]2CC(c3ccc(Cl)cc3)=NN21. The number of halogens is 3. The van der Waals surface area contributed by atoms with Crippen LogP contribution in [0.25, 0.3) is 0 Å². The summed E-state index contributed by atoms with van der Waals surface area (Å²) >= 11 is 12.2. The molecule has 0 fully saturated rings. The number of nitrogens with zero attached hydrogens (tertiary/aromatic N) is 2. The average molecular weight is 413 g/mol. The molecule has 2 aliphatic rings. The van der Waals surface area contributed by atoms with E-state index < -0.39 is 6.23 Å². The summed E-state index contributed by atoms with van der Waals surface area (Å²) in [6.07, 6.45) is 0.0215. The number of ether oxygens (including phenoxy) is 1. The molecule has 0 amide bonds. The molecule has 0 bridgehead atoms. The summed E-state index contributed by atoms with van der Waals surface area (Å²) in [7, 11) is 0. The highest BCUT2D eigenvalue weighted by atomic mass is 35.5. The van der Waals surface area contributed by atoms with Crippen molar-refractivity contribution in [3.05, 3.63) is 99.3 Å². The first-order chi connectivity index (χ1) is 13.6. The molecule has 2 heterocycles. The number of rotatable bonds is 2. The quantitative estimate of drug-likeness (QED) is 0.487. The van der Waals surface area contributed by atoms with E-state index in [1.165, 1.54) is 6.07 Å². The summed E-state index contributed by atoms with van der Waals surface area (Å²) in [5, 5.41) is 7.95. The molecule has 0 radical (unpaired) electrons. The van der Waals surface area contributed by atoms with Crippen molar-refractivity contribution in [2.45, 2.75) is 18.7 Å². The van der Waals surface area contributed by atoms with E-state index in [1.54, 1.807) is 24.3 Å². The fraction of sp³-hybridized carbons (Fsp3) is 0.136. The van der Waals surface area contributed by atoms with Crippen LogP contribution in [0.2, 0.25) is 10.0 Å². The first kappa shape index (κ1) is 17.5. The molecule has 3 aromatic carbocycles. The van der Waals surface area contributed by atoms with Gasteiger partial charge in [-0.3, -0.25) is 0 Å². The Morgan fingerprint density at radius 2 is 1.68 bits per heavy atom. The minimum atomic E-state index is -0.648. The molecule has 2 aliphatic heterocycles. The van der Waals surface area contributed by atoms with E-state index in [2.05, 4.69) is 0 Å². The molecule has 3 nitrogen and oxygen atoms in total. The third-order valence-corrected chi connectivity index (χ3v) is 5.59. The van der Waals surface area contributed by atoms with Crippen LogP contribution in [0.1, 0.15) is 35.4 Å². The number of hydrogen-bond donors (Lipinski definition) is 0. The van der Waals surface area contributed by atoms with E-state index in [0.717, 1.165) is 16.8 Å². The van der Waals surface area contributed by atoms with Crippen molar-refractivity contribution in [1.82, 2.24) is 5.01 Å². The second-order valence-corrected chi connectivity index (χ2v) is 7.70. The van der Waals surface area contributed by atoms with Crippen LogP contribution in [-0.2, 0) is 0 Å². The van der Waals surface area contributed by atoms with Crippen molar-refractivity contribution in [2.24, 2.45) is 5.10 Å². The maximum absolute atomic E-state index is 14.5. The van der Waals surface area contributed by atoms with Gasteiger partial charge in [-0.05, 0) is 42.0 Å². The van der Waals surface area contributed by atoms with Crippen LogP contribution >= 0.6 is 23.2 Å². The Morgan fingerprint density at radius 3 is 2.46 bits per heavy atom. The van der Waals surface area contributed by atoms with Gasteiger partial charge in [-0.25, -0.2) is 9.40 Å². The van der Waals surface area contributed by atoms with Gasteiger partial charge in [0.1, 0.15) is 11.6 Å². The fourth-order valence-corrected chi connectivity index (χ4v) is 4.06. The third kappa shape index (κ3) is 2.93. The fourth-order valence-electron chi connectivity index (χ4n) is 3.76. The molecule has 140 valence electrons. The Balaban J connectivity index is 1.62. The van der Waals surface area contributed by atoms with Crippen molar-refractivity contribution < 1.29 is 9.13 Å². The minimum Gasteiger partial charge on any atom is -0.464 e. The van der Waals surface area contributed by atoms with Gasteiger partial charge in [-0.15, -0.1) is 0 Å². The Labute approximate surface area is 172 Å². The predicted octanol–water partition coefficient (Wildman–Crippen LogP) is 6.37. The predicted molar refractivity (Wildman–Crippen MR) is 108 cm³/mol. The molecule has 28 heavy (non-hydrogen) atoms. The van der Waals surface area contributed by atoms with Crippen molar-refractivity contribution in [3.63, 3.8) is 0 Å². The smallest absolute Gasteiger partial charge is 0.216 e. The molecule has 0 unspecified atom stereocenters. The molecule has 6 heteroatoms. The Bertz CT molecular complexity index is 1080. The van der Waals surface area contributed by atoms with Gasteiger partial charge in [-0.2, -0.15) is 5.10 Å². The normalized spacial score (nSPS) is 20.2. The lowest BCUT2D eigenvalue weighted by Gasteiger charge is -2.38. The Morgan fingerprint density at radius 1 is 0.929 bits per heavy atom. The lowest BCUT2D eigenvalue weighted by Crippen LogP contribution is -2.34. The lowest BCUT2D eigenvalue weighted by atomic mass is 9.96. The summed E-state index contributed by atoms with van der Waals surface area (Å²) < 4.78 is 20.7. The maximum Gasteiger partial charge on any atom is 0.216 e. The van der Waals surface area contributed by atoms with Gasteiger partial charge in [-0.1, -0.05) is 53.5 Å². The largest absolute Gasteiger partial charge is 0.464 e. The highest BCUT2D eigenvalue weighted by molar-refractivity contribution is 6.31. The summed E-state index contributed by atoms with van der Waals surface area (Å²) in [6, 6.07) is 19.6. The first-order valence-corrected chi connectivity index (χ1v) is 9.68. The van der Waals surface area contributed by atoms with E-state index >= 15 is 0 Å². The maximum atomic E-state index is 14.5. The third-order valence-electron chi connectivity index (χ3n) is 5.10. The van der Waals surface area contributed by atoms with E-state index in [1.807, 2.05) is 41.4 Å². The Kier molecular flexibility index (Phi) is 4.26. The lowest BCUT2D eigenvalue weighted by molar-refractivity contribution is -0.0211. The second kappa shape index (κ2) is 6.80. The van der Waals surface area contributed by atoms with Gasteiger partial charge in [0, 0.05) is 22.0 Å². The molecule has 0 saturated heterocycles. The zero-order valence-electron chi connectivity index (χ0n) is 14.6. The molecule has 0 N–H and O–H groups in total. The zero-order chi connectivity index (χ0) is 19.3. The van der Waals surface area contributed by atoms with Crippen molar-refractivity contribution >= 4 is 28.9 Å². The van der Waals surface area contributed by atoms with Crippen LogP contribution in [0.15, 0.2) is 71.8 Å². The molecule has 0 saturated carbocycles. The van der Waals surface area contributed by atoms with Gasteiger partial charge in [0.25, 0.3) is 0 Å². The zero-order valence-corrected chi connectivity index (χ0v) is 16.2. The molecule has 0 aliphatic carbocycles. The minimum absolute atomic E-state index is 0.0854. The summed E-state index contributed by atoms with van der Waals surface area (Å²) in [5.74, 6) is 0.380. The van der Waals surface area contributed by atoms with Gasteiger partial charge >= 0.3 is 0 Å². The second-order valence-electron chi connectivity index (χ2n) is 6.83. The van der Waals surface area contributed by atoms with E-state index in [9.17, 15) is 4.39 Å². The van der Waals surface area contributed by atoms with Gasteiger partial charge in [0.2, 0.25) is 6.23 Å². The highest BCUT2D eigenvalue weighted by Gasteiger charge is 2.41. The van der Waals surface area contributed by atoms with Crippen LogP contribution in [-0.4, -0.2) is 10.7 Å².